The average Bonchev–Trinajstić information content (AvgIpc) is 1.90. The topological polar surface area (TPSA) is 0 Å². The van der Waals surface area contributed by atoms with Crippen molar-refractivity contribution in [2.45, 2.75) is 6.42 Å². The maximum absolute atomic E-state index is 4.10. The molecule has 9 heavy (non-hydrogen) atoms. The summed E-state index contributed by atoms with van der Waals surface area (Å²) in [6.45, 7) is 0. The highest BCUT2D eigenvalue weighted by Crippen LogP contribution is 2.19. The van der Waals surface area contributed by atoms with Crippen LogP contribution in [0.2, 0.25) is 0 Å². The smallest absolute Gasteiger partial charge is 0.0375 e. The first-order valence-corrected chi connectivity index (χ1v) is 3.64. The molecule has 0 atom stereocenters. The minimum atomic E-state index is 0.815. The molecule has 0 unspecified atom stereocenters. The molecule has 0 amide bonds. The van der Waals surface area contributed by atoms with Gasteiger partial charge in [-0.25, -0.2) is 0 Å². The van der Waals surface area contributed by atoms with Crippen LogP contribution in [-0.2, 0) is 0 Å². The molecule has 0 aromatic rings. The Labute approximate surface area is 66.2 Å². The molecule has 0 radical (unpaired) electrons. The van der Waals surface area contributed by atoms with E-state index < -0.39 is 0 Å². The number of allylic oxidation sites excluding steroid dienone is 5. The second-order valence-corrected chi connectivity index (χ2v) is 3.09. The summed E-state index contributed by atoms with van der Waals surface area (Å²) >= 11 is 8.20. The van der Waals surface area contributed by atoms with Crippen molar-refractivity contribution >= 4 is 25.3 Å². The van der Waals surface area contributed by atoms with Gasteiger partial charge in [0.25, 0.3) is 0 Å². The maximum Gasteiger partial charge on any atom is 0.0375 e. The lowest BCUT2D eigenvalue weighted by atomic mass is 10.1. The van der Waals surface area contributed by atoms with Crippen molar-refractivity contribution in [3.8, 4) is 0 Å². The van der Waals surface area contributed by atoms with Crippen LogP contribution in [-0.4, -0.2) is 0 Å². The lowest BCUT2D eigenvalue weighted by Gasteiger charge is -2.01. The van der Waals surface area contributed by atoms with Crippen LogP contribution in [0, 0.1) is 0 Å². The van der Waals surface area contributed by atoms with Gasteiger partial charge in [0.05, 0.1) is 0 Å². The van der Waals surface area contributed by atoms with Gasteiger partial charge in [0.2, 0.25) is 0 Å². The molecule has 1 rings (SSSR count). The van der Waals surface area contributed by atoms with E-state index in [0.29, 0.717) is 0 Å². The third-order valence-electron chi connectivity index (χ3n) is 1.17. The van der Waals surface area contributed by atoms with Crippen molar-refractivity contribution in [3.05, 3.63) is 34.1 Å². The van der Waals surface area contributed by atoms with Crippen molar-refractivity contribution in [3.63, 3.8) is 0 Å². The van der Waals surface area contributed by atoms with E-state index in [-0.39, 0.29) is 0 Å². The molecule has 0 saturated carbocycles. The van der Waals surface area contributed by atoms with E-state index in [9.17, 15) is 0 Å². The molecular weight excluding hydrogens is 148 g/mol. The summed E-state index contributed by atoms with van der Waals surface area (Å²) in [5.41, 5.74) is 1.18. The summed E-state index contributed by atoms with van der Waals surface area (Å²) in [4.78, 5) is 0. The first-order valence-electron chi connectivity index (χ1n) is 2.75. The van der Waals surface area contributed by atoms with E-state index in [2.05, 4.69) is 31.3 Å². The molecular formula is C7H8S2. The molecule has 0 heterocycles. The second kappa shape index (κ2) is 3.18. The van der Waals surface area contributed by atoms with Crippen LogP contribution in [0.4, 0.5) is 0 Å². The molecule has 0 nitrogen and oxygen atoms in total. The van der Waals surface area contributed by atoms with Gasteiger partial charge in [0, 0.05) is 4.24 Å². The van der Waals surface area contributed by atoms with E-state index >= 15 is 0 Å². The average molecular weight is 156 g/mol. The van der Waals surface area contributed by atoms with Crippen molar-refractivity contribution < 1.29 is 0 Å². The van der Waals surface area contributed by atoms with Gasteiger partial charge in [0.15, 0.2) is 0 Å². The largest absolute Gasteiger partial charge is 0.137 e. The molecule has 0 saturated heterocycles. The number of thiol groups is 2. The van der Waals surface area contributed by atoms with Gasteiger partial charge in [0.1, 0.15) is 0 Å². The van der Waals surface area contributed by atoms with Gasteiger partial charge in [-0.15, -0.1) is 25.3 Å². The summed E-state index contributed by atoms with van der Waals surface area (Å²) in [6.07, 6.45) is 9.08. The molecule has 1 aliphatic rings. The second-order valence-electron chi connectivity index (χ2n) is 1.84. The zero-order valence-corrected chi connectivity index (χ0v) is 6.70. The van der Waals surface area contributed by atoms with E-state index in [1.165, 1.54) is 5.57 Å². The van der Waals surface area contributed by atoms with Gasteiger partial charge in [-0.1, -0.05) is 24.3 Å². The highest BCUT2D eigenvalue weighted by Gasteiger charge is 1.95. The predicted molar refractivity (Wildman–Crippen MR) is 47.9 cm³/mol. The Morgan fingerprint density at radius 3 is 2.44 bits per heavy atom. The lowest BCUT2D eigenvalue weighted by Crippen LogP contribution is -1.79. The van der Waals surface area contributed by atoms with Crippen LogP contribution in [0.5, 0.6) is 0 Å². The molecule has 0 aromatic carbocycles. The Balaban J connectivity index is 2.78. The highest BCUT2D eigenvalue weighted by atomic mass is 32.2. The number of hydrogen-bond acceptors (Lipinski definition) is 2. The minimum Gasteiger partial charge on any atom is -0.137 e. The van der Waals surface area contributed by atoms with Crippen molar-refractivity contribution in [2.75, 3.05) is 0 Å². The lowest BCUT2D eigenvalue weighted by molar-refractivity contribution is 1.27. The van der Waals surface area contributed by atoms with E-state index in [1.54, 1.807) is 0 Å². The number of rotatable bonds is 0. The molecule has 0 bridgehead atoms. The van der Waals surface area contributed by atoms with Crippen LogP contribution >= 0.6 is 25.3 Å². The van der Waals surface area contributed by atoms with Crippen LogP contribution < -0.4 is 0 Å². The van der Waals surface area contributed by atoms with E-state index in [0.717, 1.165) is 10.7 Å². The van der Waals surface area contributed by atoms with Crippen molar-refractivity contribution in [1.29, 1.82) is 0 Å². The standard InChI is InChI=1S/C7H8S2/c8-7(9)6-4-2-1-3-5-6/h1-4,8-9H,5H2. The number of hydrogen-bond donors (Lipinski definition) is 2. The molecule has 0 fully saturated rings. The van der Waals surface area contributed by atoms with E-state index in [1.807, 2.05) is 18.2 Å². The Kier molecular flexibility index (Phi) is 2.49. The SMILES string of the molecule is SC(S)=C1C=CC=CC1. The van der Waals surface area contributed by atoms with Gasteiger partial charge < -0.3 is 0 Å². The maximum atomic E-state index is 4.10. The van der Waals surface area contributed by atoms with Crippen LogP contribution in [0.25, 0.3) is 0 Å². The summed E-state index contributed by atoms with van der Waals surface area (Å²) in [6, 6.07) is 0. The van der Waals surface area contributed by atoms with E-state index in [4.69, 9.17) is 0 Å². The Bertz CT molecular complexity index is 183. The third kappa shape index (κ3) is 1.95. The van der Waals surface area contributed by atoms with Gasteiger partial charge in [-0.2, -0.15) is 0 Å². The van der Waals surface area contributed by atoms with Gasteiger partial charge >= 0.3 is 0 Å². The molecule has 48 valence electrons. The normalized spacial score (nSPS) is 16.4. The van der Waals surface area contributed by atoms with Crippen LogP contribution in [0.15, 0.2) is 34.1 Å². The fourth-order valence-corrected chi connectivity index (χ4v) is 1.01. The molecule has 2 heteroatoms. The Morgan fingerprint density at radius 2 is 2.11 bits per heavy atom. The van der Waals surface area contributed by atoms with Crippen LogP contribution in [0.3, 0.4) is 0 Å². The van der Waals surface area contributed by atoms with Gasteiger partial charge in [-0.05, 0) is 12.0 Å². The molecule has 1 aliphatic carbocycles. The van der Waals surface area contributed by atoms with Crippen molar-refractivity contribution in [1.82, 2.24) is 0 Å². The predicted octanol–water partition coefficient (Wildman–Crippen LogP) is 2.57. The summed E-state index contributed by atoms with van der Waals surface area (Å²) in [5.74, 6) is 0. The molecule has 0 spiro atoms. The highest BCUT2D eigenvalue weighted by molar-refractivity contribution is 8.05. The fourth-order valence-electron chi connectivity index (χ4n) is 0.679. The van der Waals surface area contributed by atoms with Crippen LogP contribution in [0.1, 0.15) is 6.42 Å². The summed E-state index contributed by atoms with van der Waals surface area (Å²) in [5, 5.41) is 0. The fraction of sp³-hybridized carbons (Fsp3) is 0.143. The zero-order chi connectivity index (χ0) is 6.69. The first-order chi connectivity index (χ1) is 4.30. The molecule has 0 aliphatic heterocycles. The summed E-state index contributed by atoms with van der Waals surface area (Å²) in [7, 11) is 0. The summed E-state index contributed by atoms with van der Waals surface area (Å²) < 4.78 is 0.815. The molecule has 0 aromatic heterocycles. The van der Waals surface area contributed by atoms with Gasteiger partial charge in [-0.3, -0.25) is 0 Å². The monoisotopic (exact) mass is 156 g/mol. The Hall–Kier alpha value is -0.0800. The zero-order valence-electron chi connectivity index (χ0n) is 4.91. The minimum absolute atomic E-state index is 0.815. The Morgan fingerprint density at radius 1 is 1.33 bits per heavy atom. The quantitative estimate of drug-likeness (QED) is 0.495. The third-order valence-corrected chi connectivity index (χ3v) is 1.74. The first kappa shape index (κ1) is 7.03. The van der Waals surface area contributed by atoms with Crippen molar-refractivity contribution in [2.24, 2.45) is 0 Å². The molecule has 0 N–H and O–H groups in total.